The summed E-state index contributed by atoms with van der Waals surface area (Å²) in [5.74, 6) is 4.07. The van der Waals surface area contributed by atoms with E-state index in [2.05, 4.69) is 11.8 Å². The van der Waals surface area contributed by atoms with Crippen LogP contribution in [0, 0.1) is 17.7 Å². The van der Waals surface area contributed by atoms with Crippen molar-refractivity contribution in [2.45, 2.75) is 17.7 Å². The van der Waals surface area contributed by atoms with Gasteiger partial charge in [0.25, 0.3) is 6.43 Å². The van der Waals surface area contributed by atoms with Crippen LogP contribution in [0.2, 0.25) is 0 Å². The Balaban J connectivity index is 3.06. The van der Waals surface area contributed by atoms with Crippen molar-refractivity contribution in [2.75, 3.05) is 20.2 Å². The van der Waals surface area contributed by atoms with Crippen LogP contribution in [0.5, 0.6) is 0 Å². The molecule has 1 rings (SSSR count). The van der Waals surface area contributed by atoms with E-state index in [0.29, 0.717) is 4.31 Å². The molecule has 0 aromatic heterocycles. The van der Waals surface area contributed by atoms with Gasteiger partial charge in [0.15, 0.2) is 0 Å². The van der Waals surface area contributed by atoms with E-state index in [4.69, 9.17) is 5.11 Å². The first-order chi connectivity index (χ1) is 9.78. The molecule has 1 N–H and O–H groups in total. The maximum atomic E-state index is 13.7. The van der Waals surface area contributed by atoms with Gasteiger partial charge in [-0.1, -0.05) is 11.8 Å². The van der Waals surface area contributed by atoms with Gasteiger partial charge in [-0.3, -0.25) is 0 Å². The summed E-state index contributed by atoms with van der Waals surface area (Å²) in [5, 5.41) is 8.56. The Hall–Kier alpha value is -1.56. The molecule has 0 aliphatic carbocycles. The minimum Gasteiger partial charge on any atom is -0.395 e. The number of aliphatic hydroxyl groups excluding tert-OH is 1. The molecule has 0 unspecified atom stereocenters. The van der Waals surface area contributed by atoms with Crippen molar-refractivity contribution in [3.8, 4) is 11.8 Å². The average molecular weight is 321 g/mol. The third-order valence-electron chi connectivity index (χ3n) is 2.50. The molecule has 116 valence electrons. The SMILES string of the molecule is CN(CC(F)F)S(=O)(=O)c1ccc(C#CCCO)c(F)c1. The van der Waals surface area contributed by atoms with Crippen molar-refractivity contribution in [3.05, 3.63) is 29.6 Å². The lowest BCUT2D eigenvalue weighted by atomic mass is 10.2. The quantitative estimate of drug-likeness (QED) is 0.835. The Morgan fingerprint density at radius 1 is 1.38 bits per heavy atom. The van der Waals surface area contributed by atoms with Gasteiger partial charge in [0, 0.05) is 13.5 Å². The number of aliphatic hydroxyl groups is 1. The van der Waals surface area contributed by atoms with Crippen LogP contribution in [-0.4, -0.2) is 44.5 Å². The molecular formula is C13H14F3NO3S. The van der Waals surface area contributed by atoms with Crippen LogP contribution in [-0.2, 0) is 10.0 Å². The molecule has 0 atom stereocenters. The summed E-state index contributed by atoms with van der Waals surface area (Å²) in [4.78, 5) is -0.421. The standard InChI is InChI=1S/C13H14F3NO3S/c1-17(9-13(15)16)21(19,20)11-6-5-10(12(14)8-11)4-2-3-7-18/h5-6,8,13,18H,3,7,9H2,1H3. The van der Waals surface area contributed by atoms with E-state index in [1.54, 1.807) is 0 Å². The van der Waals surface area contributed by atoms with Gasteiger partial charge < -0.3 is 5.11 Å². The topological polar surface area (TPSA) is 57.6 Å². The van der Waals surface area contributed by atoms with Crippen LogP contribution in [0.4, 0.5) is 13.2 Å². The second-order valence-electron chi connectivity index (χ2n) is 4.09. The first-order valence-corrected chi connectivity index (χ1v) is 7.37. The molecule has 0 radical (unpaired) electrons. The number of hydrogen-bond acceptors (Lipinski definition) is 3. The van der Waals surface area contributed by atoms with E-state index in [9.17, 15) is 21.6 Å². The molecule has 0 amide bonds. The van der Waals surface area contributed by atoms with Crippen molar-refractivity contribution in [3.63, 3.8) is 0 Å². The van der Waals surface area contributed by atoms with Gasteiger partial charge in [-0.2, -0.15) is 4.31 Å². The average Bonchev–Trinajstić information content (AvgIpc) is 2.39. The smallest absolute Gasteiger partial charge is 0.252 e. The maximum absolute atomic E-state index is 13.7. The van der Waals surface area contributed by atoms with Crippen LogP contribution >= 0.6 is 0 Å². The van der Waals surface area contributed by atoms with E-state index in [-0.39, 0.29) is 18.6 Å². The van der Waals surface area contributed by atoms with E-state index in [0.717, 1.165) is 25.2 Å². The molecule has 0 spiro atoms. The Kier molecular flexibility index (Phi) is 6.20. The summed E-state index contributed by atoms with van der Waals surface area (Å²) in [6.45, 7) is -1.14. The third kappa shape index (κ3) is 4.74. The second-order valence-corrected chi connectivity index (χ2v) is 6.14. The highest BCUT2D eigenvalue weighted by Crippen LogP contribution is 2.18. The summed E-state index contributed by atoms with van der Waals surface area (Å²) in [7, 11) is -3.18. The van der Waals surface area contributed by atoms with Crippen LogP contribution in [0.25, 0.3) is 0 Å². The van der Waals surface area contributed by atoms with Crippen LogP contribution in [0.15, 0.2) is 23.1 Å². The summed E-state index contributed by atoms with van der Waals surface area (Å²) < 4.78 is 62.6. The van der Waals surface area contributed by atoms with Gasteiger partial charge in [0.1, 0.15) is 5.82 Å². The lowest BCUT2D eigenvalue weighted by molar-refractivity contribution is 0.126. The Bertz CT molecular complexity index is 650. The highest BCUT2D eigenvalue weighted by Gasteiger charge is 2.24. The highest BCUT2D eigenvalue weighted by molar-refractivity contribution is 7.89. The number of benzene rings is 1. The molecule has 0 saturated heterocycles. The predicted octanol–water partition coefficient (Wildman–Crippen LogP) is 1.45. The molecule has 21 heavy (non-hydrogen) atoms. The fourth-order valence-electron chi connectivity index (χ4n) is 1.44. The Morgan fingerprint density at radius 2 is 2.05 bits per heavy atom. The molecule has 0 saturated carbocycles. The fraction of sp³-hybridized carbons (Fsp3) is 0.385. The van der Waals surface area contributed by atoms with Crippen molar-refractivity contribution in [2.24, 2.45) is 0 Å². The van der Waals surface area contributed by atoms with Crippen LogP contribution in [0.3, 0.4) is 0 Å². The van der Waals surface area contributed by atoms with Crippen LogP contribution < -0.4 is 0 Å². The highest BCUT2D eigenvalue weighted by atomic mass is 32.2. The number of hydrogen-bond donors (Lipinski definition) is 1. The minimum atomic E-state index is -4.17. The zero-order valence-corrected chi connectivity index (χ0v) is 12.0. The molecule has 1 aromatic rings. The van der Waals surface area contributed by atoms with Gasteiger partial charge >= 0.3 is 0 Å². The number of halogens is 3. The van der Waals surface area contributed by atoms with Gasteiger partial charge in [-0.15, -0.1) is 0 Å². The number of alkyl halides is 2. The lowest BCUT2D eigenvalue weighted by Crippen LogP contribution is -2.31. The molecule has 8 heteroatoms. The van der Waals surface area contributed by atoms with Crippen molar-refractivity contribution < 1.29 is 26.7 Å². The third-order valence-corrected chi connectivity index (χ3v) is 4.32. The summed E-state index contributed by atoms with van der Waals surface area (Å²) in [6, 6.07) is 2.99. The van der Waals surface area contributed by atoms with Gasteiger partial charge in [0.05, 0.1) is 23.6 Å². The zero-order chi connectivity index (χ0) is 16.0. The van der Waals surface area contributed by atoms with Crippen molar-refractivity contribution in [1.82, 2.24) is 4.31 Å². The molecule has 0 bridgehead atoms. The molecule has 0 heterocycles. The van der Waals surface area contributed by atoms with E-state index in [1.165, 1.54) is 0 Å². The molecule has 1 aromatic carbocycles. The lowest BCUT2D eigenvalue weighted by Gasteiger charge is -2.16. The number of rotatable bonds is 5. The monoisotopic (exact) mass is 321 g/mol. The molecule has 0 aliphatic heterocycles. The van der Waals surface area contributed by atoms with E-state index >= 15 is 0 Å². The van der Waals surface area contributed by atoms with Gasteiger partial charge in [-0.05, 0) is 18.2 Å². The largest absolute Gasteiger partial charge is 0.395 e. The summed E-state index contributed by atoms with van der Waals surface area (Å²) >= 11 is 0. The molecular weight excluding hydrogens is 307 g/mol. The first kappa shape index (κ1) is 17.5. The van der Waals surface area contributed by atoms with Crippen molar-refractivity contribution in [1.29, 1.82) is 0 Å². The second kappa shape index (κ2) is 7.45. The number of nitrogens with zero attached hydrogens (tertiary/aromatic N) is 1. The maximum Gasteiger partial charge on any atom is 0.252 e. The Morgan fingerprint density at radius 3 is 2.57 bits per heavy atom. The molecule has 4 nitrogen and oxygen atoms in total. The fourth-order valence-corrected chi connectivity index (χ4v) is 2.60. The Labute approximate surface area is 121 Å². The van der Waals surface area contributed by atoms with Crippen molar-refractivity contribution >= 4 is 10.0 Å². The predicted molar refractivity (Wildman–Crippen MR) is 70.8 cm³/mol. The minimum absolute atomic E-state index is 0.0288. The first-order valence-electron chi connectivity index (χ1n) is 5.92. The molecule has 0 aliphatic rings. The van der Waals surface area contributed by atoms with Gasteiger partial charge in [0.2, 0.25) is 10.0 Å². The van der Waals surface area contributed by atoms with E-state index < -0.39 is 33.7 Å². The molecule has 0 fully saturated rings. The normalized spacial score (nSPS) is 11.6. The summed E-state index contributed by atoms with van der Waals surface area (Å²) in [5.41, 5.74) is -0.0288. The van der Waals surface area contributed by atoms with Gasteiger partial charge in [-0.25, -0.2) is 21.6 Å². The van der Waals surface area contributed by atoms with E-state index in [1.807, 2.05) is 0 Å². The zero-order valence-electron chi connectivity index (χ0n) is 11.2. The summed E-state index contributed by atoms with van der Waals surface area (Å²) in [6.07, 6.45) is -2.66. The number of sulfonamides is 1. The van der Waals surface area contributed by atoms with Crippen LogP contribution in [0.1, 0.15) is 12.0 Å².